The molecule has 0 saturated carbocycles. The predicted octanol–water partition coefficient (Wildman–Crippen LogP) is 4.94. The number of aromatic carboxylic acids is 1. The van der Waals surface area contributed by atoms with E-state index in [1.165, 1.54) is 28.0 Å². The van der Waals surface area contributed by atoms with Crippen LogP contribution in [0.15, 0.2) is 47.5 Å². The van der Waals surface area contributed by atoms with Crippen molar-refractivity contribution in [1.82, 2.24) is 4.57 Å². The lowest BCUT2D eigenvalue weighted by molar-refractivity contribution is 0.0697. The maximum absolute atomic E-state index is 11.2. The summed E-state index contributed by atoms with van der Waals surface area (Å²) >= 11 is 6.63. The van der Waals surface area contributed by atoms with Crippen LogP contribution in [0, 0.1) is 3.95 Å². The van der Waals surface area contributed by atoms with Crippen molar-refractivity contribution >= 4 is 53.1 Å². The molecule has 140 valence electrons. The number of allylic oxidation sites excluding steroid dienone is 1. The van der Waals surface area contributed by atoms with Crippen molar-refractivity contribution in [2.45, 2.75) is 0 Å². The monoisotopic (exact) mass is 410 g/mol. The summed E-state index contributed by atoms with van der Waals surface area (Å²) in [5.41, 5.74) is 3.16. The fourth-order valence-electron chi connectivity index (χ4n) is 2.93. The van der Waals surface area contributed by atoms with E-state index in [0.717, 1.165) is 22.6 Å². The molecule has 0 amide bonds. The minimum atomic E-state index is -1.04. The van der Waals surface area contributed by atoms with Gasteiger partial charge in [0.25, 0.3) is 0 Å². The zero-order valence-electron chi connectivity index (χ0n) is 14.6. The number of carbonyl (C=O) groups is 1. The zero-order valence-corrected chi connectivity index (χ0v) is 16.3. The number of hydrogen-bond donors (Lipinski definition) is 2. The van der Waals surface area contributed by atoms with Gasteiger partial charge in [-0.1, -0.05) is 6.07 Å². The molecule has 3 aromatic rings. The summed E-state index contributed by atoms with van der Waals surface area (Å²) in [6.45, 7) is 0. The summed E-state index contributed by atoms with van der Waals surface area (Å²) < 4.78 is 7.14. The Bertz CT molecular complexity index is 1220. The molecule has 0 aliphatic carbocycles. The van der Waals surface area contributed by atoms with Crippen LogP contribution in [0.2, 0.25) is 0 Å². The maximum atomic E-state index is 11.2. The molecule has 1 aromatic heterocycles. The standard InChI is InChI=1S/C20H14N2O4S2/c1-26-14-5-6-16-15(9-14)12(10-21-16)8-17-18(23)22(20(27)28-17)13-4-2-3-11(7-13)19(24)25/h2-10,23H,1H3,(H,24,25)/b12-8+. The van der Waals surface area contributed by atoms with Crippen LogP contribution in [-0.2, 0) is 0 Å². The summed E-state index contributed by atoms with van der Waals surface area (Å²) in [5, 5.41) is 19.9. The van der Waals surface area contributed by atoms with E-state index in [9.17, 15) is 15.0 Å². The van der Waals surface area contributed by atoms with Gasteiger partial charge in [-0.2, -0.15) is 0 Å². The van der Waals surface area contributed by atoms with Crippen molar-refractivity contribution in [2.75, 3.05) is 7.11 Å². The van der Waals surface area contributed by atoms with E-state index >= 15 is 0 Å². The molecule has 1 aliphatic rings. The first kappa shape index (κ1) is 18.1. The fraction of sp³-hybridized carbons (Fsp3) is 0.0500. The Morgan fingerprint density at radius 1 is 1.29 bits per heavy atom. The lowest BCUT2D eigenvalue weighted by Crippen LogP contribution is -1.99. The van der Waals surface area contributed by atoms with Gasteiger partial charge in [-0.3, -0.25) is 9.56 Å². The first-order chi connectivity index (χ1) is 13.5. The highest BCUT2D eigenvalue weighted by atomic mass is 32.1. The number of benzene rings is 2. The third-order valence-corrected chi connectivity index (χ3v) is 5.62. The number of hydrogen-bond acceptors (Lipinski definition) is 6. The molecule has 0 unspecified atom stereocenters. The summed E-state index contributed by atoms with van der Waals surface area (Å²) in [7, 11) is 1.60. The van der Waals surface area contributed by atoms with Crippen LogP contribution in [0.25, 0.3) is 17.3 Å². The topological polar surface area (TPSA) is 84.0 Å². The largest absolute Gasteiger partial charge is 0.497 e. The van der Waals surface area contributed by atoms with Crippen LogP contribution in [-0.4, -0.2) is 34.1 Å². The van der Waals surface area contributed by atoms with Crippen LogP contribution < -0.4 is 4.74 Å². The molecule has 8 heteroatoms. The van der Waals surface area contributed by atoms with Crippen molar-refractivity contribution < 1.29 is 19.7 Å². The van der Waals surface area contributed by atoms with Gasteiger partial charge in [0.15, 0.2) is 3.95 Å². The van der Waals surface area contributed by atoms with E-state index in [0.29, 0.717) is 14.5 Å². The summed E-state index contributed by atoms with van der Waals surface area (Å²) in [6, 6.07) is 11.9. The number of carboxylic acid groups (broad SMARTS) is 1. The van der Waals surface area contributed by atoms with Crippen LogP contribution >= 0.6 is 23.6 Å². The lowest BCUT2D eigenvalue weighted by Gasteiger charge is -2.06. The van der Waals surface area contributed by atoms with Crippen molar-refractivity contribution in [1.29, 1.82) is 0 Å². The smallest absolute Gasteiger partial charge is 0.335 e. The number of rotatable bonds is 4. The molecule has 2 aromatic carbocycles. The molecule has 0 radical (unpaired) electrons. The third-order valence-electron chi connectivity index (χ3n) is 4.31. The summed E-state index contributed by atoms with van der Waals surface area (Å²) in [5.74, 6) is -0.372. The van der Waals surface area contributed by atoms with E-state index in [1.54, 1.807) is 25.5 Å². The molecule has 4 rings (SSSR count). The lowest BCUT2D eigenvalue weighted by atomic mass is 10.1. The van der Waals surface area contributed by atoms with Crippen LogP contribution in [0.5, 0.6) is 11.6 Å². The highest BCUT2D eigenvalue weighted by Gasteiger charge is 2.17. The Labute approximate surface area is 169 Å². The Morgan fingerprint density at radius 2 is 2.11 bits per heavy atom. The summed E-state index contributed by atoms with van der Waals surface area (Å²) in [6.07, 6.45) is 3.53. The Hall–Kier alpha value is -3.23. The molecule has 1 aliphatic heterocycles. The second-order valence-corrected chi connectivity index (χ2v) is 7.66. The predicted molar refractivity (Wildman–Crippen MR) is 112 cm³/mol. The Morgan fingerprint density at radius 3 is 2.86 bits per heavy atom. The third kappa shape index (κ3) is 3.12. The number of fused-ring (bicyclic) bond motifs is 1. The number of ether oxygens (including phenoxy) is 1. The van der Waals surface area contributed by atoms with Crippen LogP contribution in [0.1, 0.15) is 20.8 Å². The quantitative estimate of drug-likeness (QED) is 0.596. The van der Waals surface area contributed by atoms with Crippen molar-refractivity contribution in [3.63, 3.8) is 0 Å². The number of carboxylic acids is 1. The molecule has 2 N–H and O–H groups in total. The van der Waals surface area contributed by atoms with Crippen molar-refractivity contribution in [2.24, 2.45) is 4.99 Å². The Balaban J connectivity index is 1.79. The number of nitrogens with zero attached hydrogens (tertiary/aromatic N) is 2. The molecule has 6 nitrogen and oxygen atoms in total. The molecule has 0 atom stereocenters. The first-order valence-electron chi connectivity index (χ1n) is 8.20. The molecule has 0 spiro atoms. The van der Waals surface area contributed by atoms with E-state index in [-0.39, 0.29) is 11.4 Å². The van der Waals surface area contributed by atoms with Gasteiger partial charge in [-0.15, -0.1) is 11.3 Å². The summed E-state index contributed by atoms with van der Waals surface area (Å²) in [4.78, 5) is 16.2. The minimum Gasteiger partial charge on any atom is -0.497 e. The highest BCUT2D eigenvalue weighted by Crippen LogP contribution is 2.38. The van der Waals surface area contributed by atoms with Gasteiger partial charge >= 0.3 is 5.97 Å². The second kappa shape index (κ2) is 7.06. The molecule has 0 fully saturated rings. The normalized spacial score (nSPS) is 13.7. The van der Waals surface area contributed by atoms with Gasteiger partial charge < -0.3 is 14.9 Å². The van der Waals surface area contributed by atoms with E-state index < -0.39 is 5.97 Å². The molecule has 0 bridgehead atoms. The average molecular weight is 410 g/mol. The van der Waals surface area contributed by atoms with Crippen LogP contribution in [0.4, 0.5) is 5.69 Å². The van der Waals surface area contributed by atoms with Gasteiger partial charge in [0.05, 0.1) is 28.9 Å². The Kier molecular flexibility index (Phi) is 4.58. The molecular weight excluding hydrogens is 396 g/mol. The number of aromatic hydroxyl groups is 1. The molecule has 28 heavy (non-hydrogen) atoms. The maximum Gasteiger partial charge on any atom is 0.335 e. The van der Waals surface area contributed by atoms with Crippen molar-refractivity contribution in [3.8, 4) is 17.3 Å². The average Bonchev–Trinajstić information content (AvgIpc) is 3.22. The number of methoxy groups -OCH3 is 1. The molecule has 0 saturated heterocycles. The molecular formula is C20H14N2O4S2. The SMILES string of the molecule is COc1ccc2c(c1)/C(=C/c1sc(=S)n(-c3cccc(C(=O)O)c3)c1O)C=N2. The van der Waals surface area contributed by atoms with Crippen LogP contribution in [0.3, 0.4) is 0 Å². The number of aliphatic imine (C=N–C) groups is 1. The van der Waals surface area contributed by atoms with E-state index in [4.69, 9.17) is 17.0 Å². The minimum absolute atomic E-state index is 0.0465. The van der Waals surface area contributed by atoms with E-state index in [1.807, 2.05) is 24.3 Å². The fourth-order valence-corrected chi connectivity index (χ4v) is 4.23. The zero-order chi connectivity index (χ0) is 19.8. The van der Waals surface area contributed by atoms with E-state index in [2.05, 4.69) is 4.99 Å². The number of aromatic nitrogens is 1. The van der Waals surface area contributed by atoms with Gasteiger partial charge in [-0.05, 0) is 54.7 Å². The van der Waals surface area contributed by atoms with Gasteiger partial charge in [-0.25, -0.2) is 4.79 Å². The van der Waals surface area contributed by atoms with Gasteiger partial charge in [0.2, 0.25) is 5.88 Å². The molecule has 2 heterocycles. The first-order valence-corrected chi connectivity index (χ1v) is 9.43. The van der Waals surface area contributed by atoms with Gasteiger partial charge in [0.1, 0.15) is 5.75 Å². The highest BCUT2D eigenvalue weighted by molar-refractivity contribution is 7.73. The van der Waals surface area contributed by atoms with Crippen molar-refractivity contribution in [3.05, 3.63) is 62.4 Å². The number of thiazole rings is 1. The second-order valence-electron chi connectivity index (χ2n) is 5.99. The van der Waals surface area contributed by atoms with Gasteiger partial charge in [0, 0.05) is 17.4 Å².